The third kappa shape index (κ3) is 5.22. The van der Waals surface area contributed by atoms with Crippen molar-refractivity contribution >= 4 is 23.4 Å². The molecule has 0 aliphatic carbocycles. The van der Waals surface area contributed by atoms with E-state index in [-0.39, 0.29) is 17.5 Å². The second-order valence-electron chi connectivity index (χ2n) is 8.48. The highest BCUT2D eigenvalue weighted by atomic mass is 32.2. The van der Waals surface area contributed by atoms with Crippen LogP contribution in [0.4, 0.5) is 10.1 Å². The number of carbonyl (C=O) groups is 1. The fourth-order valence-corrected chi connectivity index (χ4v) is 5.07. The number of carbonyl (C=O) groups excluding carboxylic acids is 1. The molecular weight excluding hydrogens is 461 g/mol. The zero-order valence-electron chi connectivity index (χ0n) is 19.5. The molecule has 0 spiro atoms. The number of hydrogen-bond acceptors (Lipinski definition) is 5. The van der Waals surface area contributed by atoms with Crippen LogP contribution in [0, 0.1) is 12.7 Å². The Morgan fingerprint density at radius 3 is 2.31 bits per heavy atom. The lowest BCUT2D eigenvalue weighted by molar-refractivity contribution is -0.128. The maximum Gasteiger partial charge on any atom is 0.233 e. The number of nitrogens with zero attached hydrogens (tertiary/aromatic N) is 5. The monoisotopic (exact) mass is 487 g/mol. The Kier molecular flexibility index (Phi) is 6.81. The van der Waals surface area contributed by atoms with E-state index in [9.17, 15) is 9.18 Å². The Bertz CT molecular complexity index is 1300. The van der Waals surface area contributed by atoms with E-state index in [1.165, 1.54) is 35.1 Å². The average Bonchev–Trinajstić information content (AvgIpc) is 3.32. The van der Waals surface area contributed by atoms with Crippen molar-refractivity contribution in [3.63, 3.8) is 0 Å². The van der Waals surface area contributed by atoms with Crippen LogP contribution in [0.5, 0.6) is 0 Å². The normalized spacial score (nSPS) is 13.8. The molecule has 178 valence electrons. The van der Waals surface area contributed by atoms with Crippen LogP contribution in [-0.2, 0) is 4.79 Å². The predicted molar refractivity (Wildman–Crippen MR) is 137 cm³/mol. The third-order valence-electron chi connectivity index (χ3n) is 6.07. The van der Waals surface area contributed by atoms with Crippen molar-refractivity contribution in [2.75, 3.05) is 36.8 Å². The van der Waals surface area contributed by atoms with Crippen LogP contribution < -0.4 is 4.90 Å². The molecular formula is C27H26FN5OS. The number of aryl methyl sites for hydroxylation is 1. The summed E-state index contributed by atoms with van der Waals surface area (Å²) < 4.78 is 15.4. The fourth-order valence-electron chi connectivity index (χ4n) is 4.22. The zero-order valence-corrected chi connectivity index (χ0v) is 20.3. The van der Waals surface area contributed by atoms with E-state index in [2.05, 4.69) is 46.3 Å². The third-order valence-corrected chi connectivity index (χ3v) is 6.99. The van der Waals surface area contributed by atoms with Gasteiger partial charge < -0.3 is 9.80 Å². The minimum atomic E-state index is -0.304. The zero-order chi connectivity index (χ0) is 24.2. The van der Waals surface area contributed by atoms with Gasteiger partial charge in [0, 0.05) is 43.1 Å². The second-order valence-corrected chi connectivity index (χ2v) is 9.42. The number of amides is 1. The molecule has 1 aliphatic rings. The standard InChI is InChI=1S/C27H26FN5OS/c1-20-6-5-9-24(18-20)31-14-16-32(17-15-31)25(34)19-35-27-30-29-26(21-10-12-22(28)13-11-21)33(27)23-7-3-2-4-8-23/h2-13,18H,14-17,19H2,1H3. The van der Waals surface area contributed by atoms with Crippen molar-refractivity contribution in [2.45, 2.75) is 12.1 Å². The first-order chi connectivity index (χ1) is 17.1. The number of anilines is 1. The SMILES string of the molecule is Cc1cccc(N2CCN(C(=O)CSc3nnc(-c4ccc(F)cc4)n3-c3ccccc3)CC2)c1. The Morgan fingerprint density at radius 1 is 0.886 bits per heavy atom. The number of hydrogen-bond donors (Lipinski definition) is 0. The molecule has 1 saturated heterocycles. The van der Waals surface area contributed by atoms with Crippen LogP contribution in [0.1, 0.15) is 5.56 Å². The number of benzene rings is 3. The predicted octanol–water partition coefficient (Wildman–Crippen LogP) is 4.82. The minimum Gasteiger partial charge on any atom is -0.368 e. The summed E-state index contributed by atoms with van der Waals surface area (Å²) in [5, 5.41) is 9.37. The molecule has 0 saturated carbocycles. The van der Waals surface area contributed by atoms with Crippen LogP contribution in [-0.4, -0.2) is 57.5 Å². The Labute approximate surface area is 208 Å². The van der Waals surface area contributed by atoms with Gasteiger partial charge in [0.1, 0.15) is 5.82 Å². The van der Waals surface area contributed by atoms with Crippen LogP contribution in [0.25, 0.3) is 17.1 Å². The summed E-state index contributed by atoms with van der Waals surface area (Å²) in [6.07, 6.45) is 0. The highest BCUT2D eigenvalue weighted by molar-refractivity contribution is 7.99. The van der Waals surface area contributed by atoms with E-state index in [1.807, 2.05) is 39.8 Å². The molecule has 35 heavy (non-hydrogen) atoms. The molecule has 4 aromatic rings. The van der Waals surface area contributed by atoms with E-state index in [0.29, 0.717) is 24.1 Å². The van der Waals surface area contributed by atoms with Gasteiger partial charge in [-0.15, -0.1) is 10.2 Å². The molecule has 1 aliphatic heterocycles. The molecule has 2 heterocycles. The molecule has 1 aromatic heterocycles. The number of piperazine rings is 1. The van der Waals surface area contributed by atoms with E-state index in [0.717, 1.165) is 24.3 Å². The van der Waals surface area contributed by atoms with Gasteiger partial charge in [0.2, 0.25) is 5.91 Å². The molecule has 0 unspecified atom stereocenters. The second kappa shape index (κ2) is 10.3. The highest BCUT2D eigenvalue weighted by Crippen LogP contribution is 2.28. The van der Waals surface area contributed by atoms with Gasteiger partial charge >= 0.3 is 0 Å². The Balaban J connectivity index is 1.28. The van der Waals surface area contributed by atoms with Gasteiger partial charge in [0.25, 0.3) is 0 Å². The molecule has 1 fully saturated rings. The highest BCUT2D eigenvalue weighted by Gasteiger charge is 2.23. The van der Waals surface area contributed by atoms with Crippen molar-refractivity contribution in [1.82, 2.24) is 19.7 Å². The average molecular weight is 488 g/mol. The molecule has 0 radical (unpaired) electrons. The van der Waals surface area contributed by atoms with Crippen LogP contribution in [0.3, 0.4) is 0 Å². The van der Waals surface area contributed by atoms with Crippen molar-refractivity contribution < 1.29 is 9.18 Å². The topological polar surface area (TPSA) is 54.3 Å². The lowest BCUT2D eigenvalue weighted by Gasteiger charge is -2.36. The minimum absolute atomic E-state index is 0.0878. The van der Waals surface area contributed by atoms with Gasteiger partial charge in [0.15, 0.2) is 11.0 Å². The molecule has 0 N–H and O–H groups in total. The maximum absolute atomic E-state index is 13.5. The number of halogens is 1. The van der Waals surface area contributed by atoms with Gasteiger partial charge in [-0.3, -0.25) is 9.36 Å². The number of rotatable bonds is 6. The fraction of sp³-hybridized carbons (Fsp3) is 0.222. The van der Waals surface area contributed by atoms with E-state index < -0.39 is 0 Å². The van der Waals surface area contributed by atoms with E-state index in [4.69, 9.17) is 0 Å². The van der Waals surface area contributed by atoms with E-state index in [1.54, 1.807) is 12.1 Å². The largest absolute Gasteiger partial charge is 0.368 e. The van der Waals surface area contributed by atoms with Crippen molar-refractivity contribution in [1.29, 1.82) is 0 Å². The summed E-state index contributed by atoms with van der Waals surface area (Å²) in [6, 6.07) is 24.4. The lowest BCUT2D eigenvalue weighted by atomic mass is 10.2. The number of para-hydroxylation sites is 1. The molecule has 8 heteroatoms. The summed E-state index contributed by atoms with van der Waals surface area (Å²) in [5.41, 5.74) is 4.09. The molecule has 5 rings (SSSR count). The molecule has 0 bridgehead atoms. The van der Waals surface area contributed by atoms with Crippen molar-refractivity contribution in [3.8, 4) is 17.1 Å². The van der Waals surface area contributed by atoms with E-state index >= 15 is 0 Å². The van der Waals surface area contributed by atoms with Gasteiger partial charge in [-0.1, -0.05) is 42.1 Å². The number of aromatic nitrogens is 3. The van der Waals surface area contributed by atoms with Crippen LogP contribution >= 0.6 is 11.8 Å². The van der Waals surface area contributed by atoms with Gasteiger partial charge in [0.05, 0.1) is 5.75 Å². The smallest absolute Gasteiger partial charge is 0.233 e. The first-order valence-electron chi connectivity index (χ1n) is 11.6. The Hall–Kier alpha value is -3.65. The number of thioether (sulfide) groups is 1. The summed E-state index contributed by atoms with van der Waals surface area (Å²) in [5.74, 6) is 0.670. The molecule has 1 amide bonds. The van der Waals surface area contributed by atoms with Crippen molar-refractivity contribution in [3.05, 3.63) is 90.2 Å². The Morgan fingerprint density at radius 2 is 1.60 bits per heavy atom. The maximum atomic E-state index is 13.5. The van der Waals surface area contributed by atoms with Crippen molar-refractivity contribution in [2.24, 2.45) is 0 Å². The van der Waals surface area contributed by atoms with Crippen LogP contribution in [0.15, 0.2) is 84.0 Å². The summed E-state index contributed by atoms with van der Waals surface area (Å²) in [6.45, 7) is 5.11. The first-order valence-corrected chi connectivity index (χ1v) is 12.6. The first kappa shape index (κ1) is 23.1. The molecule has 6 nitrogen and oxygen atoms in total. The van der Waals surface area contributed by atoms with Gasteiger partial charge in [-0.25, -0.2) is 4.39 Å². The van der Waals surface area contributed by atoms with Crippen LogP contribution in [0.2, 0.25) is 0 Å². The molecule has 0 atom stereocenters. The lowest BCUT2D eigenvalue weighted by Crippen LogP contribution is -2.49. The quantitative estimate of drug-likeness (QED) is 0.365. The summed E-state index contributed by atoms with van der Waals surface area (Å²) >= 11 is 1.37. The summed E-state index contributed by atoms with van der Waals surface area (Å²) in [7, 11) is 0. The summed E-state index contributed by atoms with van der Waals surface area (Å²) in [4.78, 5) is 17.3. The molecule has 3 aromatic carbocycles. The van der Waals surface area contributed by atoms with Gasteiger partial charge in [-0.05, 0) is 61.0 Å². The van der Waals surface area contributed by atoms with Gasteiger partial charge in [-0.2, -0.15) is 0 Å².